The van der Waals surface area contributed by atoms with Crippen LogP contribution in [0.25, 0.3) is 0 Å². The first-order valence-corrected chi connectivity index (χ1v) is 7.44. The number of amides is 1. The Labute approximate surface area is 129 Å². The van der Waals surface area contributed by atoms with Crippen molar-refractivity contribution in [3.63, 3.8) is 0 Å². The van der Waals surface area contributed by atoms with Crippen molar-refractivity contribution in [2.45, 2.75) is 45.9 Å². The van der Waals surface area contributed by atoms with Gasteiger partial charge in [0, 0.05) is 23.6 Å². The highest BCUT2D eigenvalue weighted by Crippen LogP contribution is 2.24. The Balaban J connectivity index is 2.78. The third-order valence-electron chi connectivity index (χ3n) is 2.75. The van der Waals surface area contributed by atoms with Gasteiger partial charge in [-0.3, -0.25) is 4.79 Å². The van der Waals surface area contributed by atoms with E-state index >= 15 is 0 Å². The van der Waals surface area contributed by atoms with Gasteiger partial charge in [-0.25, -0.2) is 0 Å². The van der Waals surface area contributed by atoms with E-state index in [1.807, 2.05) is 18.2 Å². The largest absolute Gasteiger partial charge is 0.481 e. The molecule has 1 amide bonds. The molecular weight excluding hydrogens is 320 g/mol. The van der Waals surface area contributed by atoms with Crippen molar-refractivity contribution in [2.24, 2.45) is 0 Å². The molecule has 0 fully saturated rings. The molecule has 0 spiro atoms. The number of likely N-dealkylation sites (N-methyl/N-ethyl adjacent to an activating group) is 1. The molecule has 1 aromatic rings. The van der Waals surface area contributed by atoms with Crippen LogP contribution in [-0.2, 0) is 11.3 Å². The second-order valence-corrected chi connectivity index (χ2v) is 6.59. The second-order valence-electron chi connectivity index (χ2n) is 5.73. The van der Waals surface area contributed by atoms with Crippen LogP contribution in [0.2, 0.25) is 0 Å². The van der Waals surface area contributed by atoms with E-state index in [0.717, 1.165) is 16.6 Å². The number of rotatable bonds is 5. The van der Waals surface area contributed by atoms with Gasteiger partial charge in [0.1, 0.15) is 5.75 Å². The molecule has 1 aromatic carbocycles. The summed E-state index contributed by atoms with van der Waals surface area (Å²) in [5.41, 5.74) is 1.15. The first-order chi connectivity index (χ1) is 9.23. The van der Waals surface area contributed by atoms with Crippen LogP contribution in [0.3, 0.4) is 0 Å². The zero-order valence-corrected chi connectivity index (χ0v) is 14.3. The van der Waals surface area contributed by atoms with Gasteiger partial charge < -0.3 is 15.4 Å². The Kier molecular flexibility index (Phi) is 6.02. The first kappa shape index (κ1) is 17.0. The van der Waals surface area contributed by atoms with Gasteiger partial charge in [-0.15, -0.1) is 0 Å². The molecule has 112 valence electrons. The monoisotopic (exact) mass is 342 g/mol. The van der Waals surface area contributed by atoms with Crippen molar-refractivity contribution in [3.8, 4) is 5.75 Å². The van der Waals surface area contributed by atoms with Gasteiger partial charge in [0.15, 0.2) is 6.10 Å². The molecule has 2 N–H and O–H groups in total. The van der Waals surface area contributed by atoms with E-state index in [1.165, 1.54) is 0 Å². The van der Waals surface area contributed by atoms with E-state index in [-0.39, 0.29) is 11.4 Å². The van der Waals surface area contributed by atoms with Crippen molar-refractivity contribution in [1.29, 1.82) is 0 Å². The molecule has 0 heterocycles. The predicted octanol–water partition coefficient (Wildman–Crippen LogP) is 2.85. The maximum absolute atomic E-state index is 11.5. The minimum atomic E-state index is -0.510. The van der Waals surface area contributed by atoms with Crippen LogP contribution >= 0.6 is 15.9 Å². The number of halogens is 1. The normalized spacial score (nSPS) is 12.9. The predicted molar refractivity (Wildman–Crippen MR) is 84.9 cm³/mol. The van der Waals surface area contributed by atoms with Gasteiger partial charge in [0.2, 0.25) is 0 Å². The molecule has 1 unspecified atom stereocenters. The molecule has 5 heteroatoms. The van der Waals surface area contributed by atoms with Crippen molar-refractivity contribution >= 4 is 21.8 Å². The quantitative estimate of drug-likeness (QED) is 0.864. The highest BCUT2D eigenvalue weighted by molar-refractivity contribution is 9.10. The number of benzene rings is 1. The van der Waals surface area contributed by atoms with Crippen LogP contribution < -0.4 is 15.4 Å². The zero-order chi connectivity index (χ0) is 15.3. The van der Waals surface area contributed by atoms with Crippen molar-refractivity contribution in [1.82, 2.24) is 10.6 Å². The SMILES string of the molecule is CNC(=O)C(C)Oc1ccc(Br)c(CNC(C)(C)C)c1. The molecule has 0 bridgehead atoms. The summed E-state index contributed by atoms with van der Waals surface area (Å²) in [6.45, 7) is 8.82. The summed E-state index contributed by atoms with van der Waals surface area (Å²) >= 11 is 3.53. The summed E-state index contributed by atoms with van der Waals surface area (Å²) < 4.78 is 6.66. The van der Waals surface area contributed by atoms with E-state index in [9.17, 15) is 4.79 Å². The Morgan fingerprint density at radius 2 is 2.05 bits per heavy atom. The standard InChI is InChI=1S/C15H23BrN2O2/c1-10(14(19)17-5)20-12-6-7-13(16)11(8-12)9-18-15(2,3)4/h6-8,10,18H,9H2,1-5H3,(H,17,19). The number of hydrogen-bond donors (Lipinski definition) is 2. The summed E-state index contributed by atoms with van der Waals surface area (Å²) in [5, 5.41) is 6.00. The highest BCUT2D eigenvalue weighted by atomic mass is 79.9. The fourth-order valence-electron chi connectivity index (χ4n) is 1.58. The Morgan fingerprint density at radius 1 is 1.40 bits per heavy atom. The average Bonchev–Trinajstić information content (AvgIpc) is 2.37. The molecule has 0 saturated carbocycles. The summed E-state index contributed by atoms with van der Waals surface area (Å²) in [4.78, 5) is 11.5. The number of nitrogens with one attached hydrogen (secondary N) is 2. The zero-order valence-electron chi connectivity index (χ0n) is 12.7. The first-order valence-electron chi connectivity index (χ1n) is 6.64. The van der Waals surface area contributed by atoms with Crippen LogP contribution in [0, 0.1) is 0 Å². The number of ether oxygens (including phenoxy) is 1. The maximum atomic E-state index is 11.5. The molecule has 0 aliphatic rings. The van der Waals surface area contributed by atoms with Gasteiger partial charge in [0.05, 0.1) is 0 Å². The lowest BCUT2D eigenvalue weighted by atomic mass is 10.1. The maximum Gasteiger partial charge on any atom is 0.260 e. The smallest absolute Gasteiger partial charge is 0.260 e. The summed E-state index contributed by atoms with van der Waals surface area (Å²) in [7, 11) is 1.60. The Hall–Kier alpha value is -1.07. The van der Waals surface area contributed by atoms with Gasteiger partial charge >= 0.3 is 0 Å². The van der Waals surface area contributed by atoms with E-state index in [4.69, 9.17) is 4.74 Å². The fraction of sp³-hybridized carbons (Fsp3) is 0.533. The van der Waals surface area contributed by atoms with E-state index < -0.39 is 6.10 Å². The molecule has 0 aliphatic heterocycles. The minimum absolute atomic E-state index is 0.0473. The minimum Gasteiger partial charge on any atom is -0.481 e. The summed E-state index contributed by atoms with van der Waals surface area (Å²) in [6, 6.07) is 5.73. The molecule has 1 atom stereocenters. The Morgan fingerprint density at radius 3 is 2.60 bits per heavy atom. The van der Waals surface area contributed by atoms with Crippen LogP contribution in [-0.4, -0.2) is 24.6 Å². The third-order valence-corrected chi connectivity index (χ3v) is 3.53. The third kappa shape index (κ3) is 5.51. The van der Waals surface area contributed by atoms with Crippen LogP contribution in [0.15, 0.2) is 22.7 Å². The molecule has 1 rings (SSSR count). The highest BCUT2D eigenvalue weighted by Gasteiger charge is 2.14. The molecule has 0 aromatic heterocycles. The molecule has 20 heavy (non-hydrogen) atoms. The lowest BCUT2D eigenvalue weighted by Gasteiger charge is -2.21. The van der Waals surface area contributed by atoms with Crippen molar-refractivity contribution < 1.29 is 9.53 Å². The van der Waals surface area contributed by atoms with E-state index in [1.54, 1.807) is 14.0 Å². The lowest BCUT2D eigenvalue weighted by Crippen LogP contribution is -2.35. The molecule has 4 nitrogen and oxygen atoms in total. The molecular formula is C15H23BrN2O2. The van der Waals surface area contributed by atoms with Gasteiger partial charge in [-0.05, 0) is 51.5 Å². The summed E-state index contributed by atoms with van der Waals surface area (Å²) in [5.74, 6) is 0.553. The van der Waals surface area contributed by atoms with Crippen LogP contribution in [0.4, 0.5) is 0 Å². The van der Waals surface area contributed by atoms with Gasteiger partial charge in [0.25, 0.3) is 5.91 Å². The topological polar surface area (TPSA) is 50.4 Å². The second kappa shape index (κ2) is 7.09. The number of carbonyl (C=O) groups excluding carboxylic acids is 1. The number of hydrogen-bond acceptors (Lipinski definition) is 3. The molecule has 0 saturated heterocycles. The van der Waals surface area contributed by atoms with Crippen LogP contribution in [0.1, 0.15) is 33.3 Å². The van der Waals surface area contributed by atoms with Crippen LogP contribution in [0.5, 0.6) is 5.75 Å². The van der Waals surface area contributed by atoms with Gasteiger partial charge in [-0.1, -0.05) is 15.9 Å². The van der Waals surface area contributed by atoms with E-state index in [2.05, 4.69) is 47.3 Å². The lowest BCUT2D eigenvalue weighted by molar-refractivity contribution is -0.126. The molecule has 0 radical (unpaired) electrons. The Bertz CT molecular complexity index is 469. The van der Waals surface area contributed by atoms with Crippen molar-refractivity contribution in [3.05, 3.63) is 28.2 Å². The van der Waals surface area contributed by atoms with Crippen molar-refractivity contribution in [2.75, 3.05) is 7.05 Å². The number of carbonyl (C=O) groups is 1. The van der Waals surface area contributed by atoms with E-state index in [0.29, 0.717) is 5.75 Å². The summed E-state index contributed by atoms with van der Waals surface area (Å²) in [6.07, 6.45) is -0.510. The van der Waals surface area contributed by atoms with Gasteiger partial charge in [-0.2, -0.15) is 0 Å². The fourth-order valence-corrected chi connectivity index (χ4v) is 1.97. The average molecular weight is 343 g/mol. The molecule has 0 aliphatic carbocycles.